The molecular formula is C14H24OSi. The average Bonchev–Trinajstić information content (AvgIpc) is 2.20. The van der Waals surface area contributed by atoms with E-state index in [2.05, 4.69) is 58.9 Å². The summed E-state index contributed by atoms with van der Waals surface area (Å²) >= 11 is 0. The van der Waals surface area contributed by atoms with Gasteiger partial charge < -0.3 is 4.80 Å². The molecule has 1 rings (SSSR count). The van der Waals surface area contributed by atoms with Crippen LogP contribution in [0.3, 0.4) is 0 Å². The summed E-state index contributed by atoms with van der Waals surface area (Å²) in [6.45, 7) is 10.7. The van der Waals surface area contributed by atoms with E-state index < -0.39 is 8.32 Å². The van der Waals surface area contributed by atoms with E-state index in [1.54, 1.807) is 0 Å². The molecule has 0 aliphatic heterocycles. The second-order valence-corrected chi connectivity index (χ2v) is 10.1. The smallest absolute Gasteiger partial charge is 0.197 e. The summed E-state index contributed by atoms with van der Waals surface area (Å²) in [7, 11) is -2.16. The number of benzene rings is 1. The normalized spacial score (nSPS) is 12.5. The van der Waals surface area contributed by atoms with Crippen molar-refractivity contribution in [2.24, 2.45) is 0 Å². The largest absolute Gasteiger partial charge is 0.431 e. The molecule has 1 aromatic rings. The molecule has 0 unspecified atom stereocenters. The van der Waals surface area contributed by atoms with E-state index in [4.69, 9.17) is 0 Å². The summed E-state index contributed by atoms with van der Waals surface area (Å²) in [4.78, 5) is 10.8. The highest BCUT2D eigenvalue weighted by Gasteiger charge is 2.38. The lowest BCUT2D eigenvalue weighted by Gasteiger charge is -2.33. The van der Waals surface area contributed by atoms with E-state index >= 15 is 0 Å². The van der Waals surface area contributed by atoms with Gasteiger partial charge in [0.2, 0.25) is 0 Å². The maximum atomic E-state index is 10.8. The molecule has 2 heteroatoms. The van der Waals surface area contributed by atoms with Crippen LogP contribution in [0.5, 0.6) is 0 Å². The number of hydrogen-bond donors (Lipinski definition) is 1. The molecule has 0 atom stereocenters. The SMILES string of the molecule is Cc1ccc(C[Si](O)(C(C)C)C(C)C)cc1. The van der Waals surface area contributed by atoms with Crippen LogP contribution in [-0.4, -0.2) is 13.1 Å². The molecule has 0 aromatic heterocycles. The van der Waals surface area contributed by atoms with E-state index in [1.165, 1.54) is 11.1 Å². The molecule has 0 bridgehead atoms. The first-order valence-electron chi connectivity index (χ1n) is 6.14. The fourth-order valence-electron chi connectivity index (χ4n) is 2.11. The summed E-state index contributed by atoms with van der Waals surface area (Å²) in [5.74, 6) is 0. The third kappa shape index (κ3) is 2.95. The molecule has 0 spiro atoms. The molecule has 0 saturated heterocycles. The molecule has 1 nitrogen and oxygen atoms in total. The molecular weight excluding hydrogens is 212 g/mol. The maximum absolute atomic E-state index is 10.8. The summed E-state index contributed by atoms with van der Waals surface area (Å²) < 4.78 is 0. The van der Waals surface area contributed by atoms with Crippen molar-refractivity contribution in [1.29, 1.82) is 0 Å². The van der Waals surface area contributed by atoms with Crippen molar-refractivity contribution in [3.8, 4) is 0 Å². The second-order valence-electron chi connectivity index (χ2n) is 5.46. The summed E-state index contributed by atoms with van der Waals surface area (Å²) in [5.41, 5.74) is 3.38. The van der Waals surface area contributed by atoms with Gasteiger partial charge in [-0.05, 0) is 29.6 Å². The Hall–Kier alpha value is -0.603. The minimum absolute atomic E-state index is 0.411. The molecule has 0 amide bonds. The molecule has 16 heavy (non-hydrogen) atoms. The minimum atomic E-state index is -2.16. The Morgan fingerprint density at radius 1 is 1.00 bits per heavy atom. The quantitative estimate of drug-likeness (QED) is 0.788. The van der Waals surface area contributed by atoms with Gasteiger partial charge in [-0.3, -0.25) is 0 Å². The maximum Gasteiger partial charge on any atom is 0.197 e. The minimum Gasteiger partial charge on any atom is -0.431 e. The Kier molecular flexibility index (Phi) is 4.33. The Balaban J connectivity index is 2.88. The lowest BCUT2D eigenvalue weighted by atomic mass is 10.2. The van der Waals surface area contributed by atoms with Crippen molar-refractivity contribution >= 4 is 8.32 Å². The van der Waals surface area contributed by atoms with E-state index in [-0.39, 0.29) is 0 Å². The van der Waals surface area contributed by atoms with Crippen LogP contribution in [0.15, 0.2) is 24.3 Å². The highest BCUT2D eigenvalue weighted by molar-refractivity contribution is 6.74. The average molecular weight is 236 g/mol. The standard InChI is InChI=1S/C14H24OSi/c1-11(2)16(15,12(3)4)10-14-8-6-13(5)7-9-14/h6-9,11-12,15H,10H2,1-5H3. The van der Waals surface area contributed by atoms with Crippen LogP contribution < -0.4 is 0 Å². The topological polar surface area (TPSA) is 20.2 Å². The Morgan fingerprint density at radius 2 is 1.44 bits per heavy atom. The fourth-order valence-corrected chi connectivity index (χ4v) is 5.15. The molecule has 0 aliphatic carbocycles. The molecule has 0 fully saturated rings. The lowest BCUT2D eigenvalue weighted by molar-refractivity contribution is 0.490. The second kappa shape index (κ2) is 5.15. The van der Waals surface area contributed by atoms with E-state index in [0.29, 0.717) is 11.1 Å². The van der Waals surface area contributed by atoms with Crippen molar-refractivity contribution in [2.45, 2.75) is 51.7 Å². The number of aryl methyl sites for hydroxylation is 1. The van der Waals surface area contributed by atoms with Crippen molar-refractivity contribution in [3.63, 3.8) is 0 Å². The number of rotatable bonds is 4. The van der Waals surface area contributed by atoms with Gasteiger partial charge >= 0.3 is 0 Å². The Bertz CT molecular complexity index is 319. The Morgan fingerprint density at radius 3 is 1.81 bits per heavy atom. The molecule has 0 aliphatic rings. The van der Waals surface area contributed by atoms with Gasteiger partial charge in [0.05, 0.1) is 0 Å². The first-order valence-corrected chi connectivity index (χ1v) is 8.45. The Labute approximate surface area is 101 Å². The van der Waals surface area contributed by atoms with Crippen molar-refractivity contribution in [1.82, 2.24) is 0 Å². The molecule has 0 saturated carbocycles. The summed E-state index contributed by atoms with van der Waals surface area (Å²) in [6.07, 6.45) is 0. The third-order valence-electron chi connectivity index (χ3n) is 3.61. The van der Waals surface area contributed by atoms with Crippen LogP contribution in [0.1, 0.15) is 38.8 Å². The molecule has 1 N–H and O–H groups in total. The van der Waals surface area contributed by atoms with Gasteiger partial charge in [-0.1, -0.05) is 57.5 Å². The first kappa shape index (κ1) is 13.5. The van der Waals surface area contributed by atoms with Crippen LogP contribution in [-0.2, 0) is 6.04 Å². The zero-order valence-electron chi connectivity index (χ0n) is 11.1. The van der Waals surface area contributed by atoms with Gasteiger partial charge in [0.1, 0.15) is 0 Å². The monoisotopic (exact) mass is 236 g/mol. The lowest BCUT2D eigenvalue weighted by Crippen LogP contribution is -2.44. The van der Waals surface area contributed by atoms with Crippen LogP contribution >= 0.6 is 0 Å². The van der Waals surface area contributed by atoms with Crippen LogP contribution in [0, 0.1) is 6.92 Å². The van der Waals surface area contributed by atoms with Crippen molar-refractivity contribution in [2.75, 3.05) is 0 Å². The van der Waals surface area contributed by atoms with E-state index in [1.807, 2.05) is 0 Å². The summed E-state index contributed by atoms with van der Waals surface area (Å²) in [6, 6.07) is 9.44. The zero-order valence-corrected chi connectivity index (χ0v) is 12.1. The van der Waals surface area contributed by atoms with Gasteiger partial charge in [0.25, 0.3) is 0 Å². The molecule has 90 valence electrons. The zero-order chi connectivity index (χ0) is 12.3. The highest BCUT2D eigenvalue weighted by Crippen LogP contribution is 2.32. The highest BCUT2D eigenvalue weighted by atomic mass is 28.4. The van der Waals surface area contributed by atoms with Gasteiger partial charge in [0.15, 0.2) is 8.32 Å². The van der Waals surface area contributed by atoms with Crippen LogP contribution in [0.4, 0.5) is 0 Å². The predicted molar refractivity (Wildman–Crippen MR) is 73.1 cm³/mol. The van der Waals surface area contributed by atoms with Crippen molar-refractivity contribution in [3.05, 3.63) is 35.4 Å². The molecule has 0 heterocycles. The van der Waals surface area contributed by atoms with Gasteiger partial charge in [0, 0.05) is 0 Å². The molecule has 0 radical (unpaired) electrons. The van der Waals surface area contributed by atoms with Crippen LogP contribution in [0.25, 0.3) is 0 Å². The molecule has 1 aromatic carbocycles. The van der Waals surface area contributed by atoms with Crippen molar-refractivity contribution < 1.29 is 4.80 Å². The van der Waals surface area contributed by atoms with Gasteiger partial charge in [-0.15, -0.1) is 0 Å². The summed E-state index contributed by atoms with van der Waals surface area (Å²) in [5, 5.41) is 0. The predicted octanol–water partition coefficient (Wildman–Crippen LogP) is 3.83. The number of hydrogen-bond acceptors (Lipinski definition) is 1. The van der Waals surface area contributed by atoms with Gasteiger partial charge in [-0.2, -0.15) is 0 Å². The van der Waals surface area contributed by atoms with Crippen LogP contribution in [0.2, 0.25) is 11.1 Å². The van der Waals surface area contributed by atoms with Gasteiger partial charge in [-0.25, -0.2) is 0 Å². The van der Waals surface area contributed by atoms with E-state index in [9.17, 15) is 4.80 Å². The van der Waals surface area contributed by atoms with E-state index in [0.717, 1.165) is 6.04 Å². The first-order chi connectivity index (χ1) is 7.36. The third-order valence-corrected chi connectivity index (χ3v) is 8.58. The fraction of sp³-hybridized carbons (Fsp3) is 0.571.